The van der Waals surface area contributed by atoms with Crippen molar-refractivity contribution in [1.82, 2.24) is 4.98 Å². The lowest BCUT2D eigenvalue weighted by atomic mass is 10.0. The summed E-state index contributed by atoms with van der Waals surface area (Å²) in [5.41, 5.74) is 3.91. The molecule has 3 aromatic carbocycles. The largest absolute Gasteiger partial charge is 0.484 e. The molecule has 164 valence electrons. The molecule has 3 N–H and O–H groups in total. The van der Waals surface area contributed by atoms with E-state index in [4.69, 9.17) is 4.74 Å². The van der Waals surface area contributed by atoms with Crippen molar-refractivity contribution in [3.63, 3.8) is 0 Å². The summed E-state index contributed by atoms with van der Waals surface area (Å²) in [4.78, 5) is 28.4. The van der Waals surface area contributed by atoms with Gasteiger partial charge >= 0.3 is 6.03 Å². The number of rotatable bonds is 7. The van der Waals surface area contributed by atoms with Crippen molar-refractivity contribution in [2.75, 3.05) is 22.6 Å². The van der Waals surface area contributed by atoms with Gasteiger partial charge in [0.25, 0.3) is 5.91 Å². The fourth-order valence-electron chi connectivity index (χ4n) is 3.16. The number of anilines is 3. The molecule has 4 aromatic rings. The molecule has 1 heterocycles. The van der Waals surface area contributed by atoms with Crippen molar-refractivity contribution in [2.24, 2.45) is 0 Å². The number of hydrogen-bond acceptors (Lipinski definition) is 4. The number of hydrogen-bond donors (Lipinski definition) is 3. The van der Waals surface area contributed by atoms with Crippen LogP contribution in [-0.2, 0) is 4.79 Å². The summed E-state index contributed by atoms with van der Waals surface area (Å²) in [6.45, 7) is -0.140. The fourth-order valence-corrected chi connectivity index (χ4v) is 3.16. The molecule has 7 nitrogen and oxygen atoms in total. The predicted octanol–water partition coefficient (Wildman–Crippen LogP) is 5.41. The Hall–Kier alpha value is -4.65. The highest BCUT2D eigenvalue weighted by Crippen LogP contribution is 2.27. The van der Waals surface area contributed by atoms with E-state index in [9.17, 15) is 9.59 Å². The zero-order valence-corrected chi connectivity index (χ0v) is 17.7. The van der Waals surface area contributed by atoms with Crippen LogP contribution in [-0.4, -0.2) is 23.5 Å². The molecule has 0 spiro atoms. The zero-order chi connectivity index (χ0) is 22.9. The van der Waals surface area contributed by atoms with Crippen LogP contribution in [0.1, 0.15) is 0 Å². The van der Waals surface area contributed by atoms with Crippen LogP contribution in [0.3, 0.4) is 0 Å². The number of nitrogens with one attached hydrogen (secondary N) is 3. The van der Waals surface area contributed by atoms with Crippen molar-refractivity contribution >= 4 is 29.0 Å². The standard InChI is InChI=1S/C26H22N4O3/c31-25(30-24-9-5-4-8-23(24)19-6-2-1-3-7-19)18-33-22-12-10-20(11-13-22)28-26(32)29-21-14-16-27-17-15-21/h1-17H,18H2,(H,30,31)(H2,27,28,29,32). The van der Waals surface area contributed by atoms with E-state index in [1.165, 1.54) is 0 Å². The number of para-hydroxylation sites is 1. The first-order valence-electron chi connectivity index (χ1n) is 10.3. The van der Waals surface area contributed by atoms with E-state index >= 15 is 0 Å². The van der Waals surface area contributed by atoms with Crippen molar-refractivity contribution in [3.8, 4) is 16.9 Å². The van der Waals surface area contributed by atoms with Crippen LogP contribution in [0.5, 0.6) is 5.75 Å². The Morgan fingerprint density at radius 1 is 0.697 bits per heavy atom. The first-order valence-corrected chi connectivity index (χ1v) is 10.3. The van der Waals surface area contributed by atoms with E-state index in [0.717, 1.165) is 16.8 Å². The van der Waals surface area contributed by atoms with Gasteiger partial charge in [0.1, 0.15) is 5.75 Å². The summed E-state index contributed by atoms with van der Waals surface area (Å²) < 4.78 is 5.59. The normalized spacial score (nSPS) is 10.2. The van der Waals surface area contributed by atoms with Gasteiger partial charge in [0, 0.05) is 35.0 Å². The monoisotopic (exact) mass is 438 g/mol. The van der Waals surface area contributed by atoms with E-state index in [0.29, 0.717) is 17.1 Å². The van der Waals surface area contributed by atoms with Gasteiger partial charge in [-0.2, -0.15) is 0 Å². The highest BCUT2D eigenvalue weighted by Gasteiger charge is 2.09. The van der Waals surface area contributed by atoms with Gasteiger partial charge in [-0.05, 0) is 48.0 Å². The first kappa shape index (κ1) is 21.6. The molecule has 33 heavy (non-hydrogen) atoms. The second kappa shape index (κ2) is 10.6. The van der Waals surface area contributed by atoms with Crippen molar-refractivity contribution in [2.45, 2.75) is 0 Å². The lowest BCUT2D eigenvalue weighted by Crippen LogP contribution is -2.20. The second-order valence-electron chi connectivity index (χ2n) is 7.09. The highest BCUT2D eigenvalue weighted by atomic mass is 16.5. The molecule has 1 aromatic heterocycles. The quantitative estimate of drug-likeness (QED) is 0.360. The molecule has 0 bridgehead atoms. The third-order valence-electron chi connectivity index (χ3n) is 4.71. The molecule has 0 aliphatic rings. The first-order chi connectivity index (χ1) is 16.2. The SMILES string of the molecule is O=C(COc1ccc(NC(=O)Nc2ccncc2)cc1)Nc1ccccc1-c1ccccc1. The van der Waals surface area contributed by atoms with Gasteiger partial charge in [-0.15, -0.1) is 0 Å². The summed E-state index contributed by atoms with van der Waals surface area (Å²) in [7, 11) is 0. The van der Waals surface area contributed by atoms with Gasteiger partial charge in [0.05, 0.1) is 0 Å². The maximum atomic E-state index is 12.4. The number of aromatic nitrogens is 1. The predicted molar refractivity (Wildman–Crippen MR) is 129 cm³/mol. The number of carbonyl (C=O) groups excluding carboxylic acids is 2. The van der Waals surface area contributed by atoms with Gasteiger partial charge in [0.2, 0.25) is 0 Å². The molecular weight excluding hydrogens is 416 g/mol. The third kappa shape index (κ3) is 6.18. The number of pyridine rings is 1. The lowest BCUT2D eigenvalue weighted by molar-refractivity contribution is -0.118. The van der Waals surface area contributed by atoms with Crippen molar-refractivity contribution < 1.29 is 14.3 Å². The maximum Gasteiger partial charge on any atom is 0.323 e. The van der Waals surface area contributed by atoms with E-state index in [1.807, 2.05) is 54.6 Å². The molecule has 0 saturated heterocycles. The Morgan fingerprint density at radius 2 is 1.33 bits per heavy atom. The Bertz CT molecular complexity index is 1210. The van der Waals surface area contributed by atoms with Gasteiger partial charge in [-0.1, -0.05) is 48.5 Å². The molecule has 4 rings (SSSR count). The van der Waals surface area contributed by atoms with Gasteiger partial charge in [-0.25, -0.2) is 4.79 Å². The summed E-state index contributed by atoms with van der Waals surface area (Å²) in [6.07, 6.45) is 3.19. The van der Waals surface area contributed by atoms with Gasteiger partial charge < -0.3 is 20.7 Å². The van der Waals surface area contributed by atoms with E-state index < -0.39 is 0 Å². The molecular formula is C26H22N4O3. The molecule has 0 unspecified atom stereocenters. The number of amides is 3. The van der Waals surface area contributed by atoms with Crippen LogP contribution >= 0.6 is 0 Å². The summed E-state index contributed by atoms with van der Waals surface area (Å²) in [6, 6.07) is 27.3. The average molecular weight is 438 g/mol. The minimum atomic E-state index is -0.369. The number of benzene rings is 3. The molecule has 0 aliphatic heterocycles. The van der Waals surface area contributed by atoms with Crippen molar-refractivity contribution in [3.05, 3.63) is 103 Å². The minimum absolute atomic E-state index is 0.140. The van der Waals surface area contributed by atoms with Crippen LogP contribution in [0.15, 0.2) is 103 Å². The average Bonchev–Trinajstić information content (AvgIpc) is 2.85. The minimum Gasteiger partial charge on any atom is -0.484 e. The third-order valence-corrected chi connectivity index (χ3v) is 4.71. The smallest absolute Gasteiger partial charge is 0.323 e. The van der Waals surface area contributed by atoms with E-state index in [-0.39, 0.29) is 18.5 Å². The van der Waals surface area contributed by atoms with Gasteiger partial charge in [-0.3, -0.25) is 9.78 Å². The number of carbonyl (C=O) groups is 2. The number of nitrogens with zero attached hydrogens (tertiary/aromatic N) is 1. The van der Waals surface area contributed by atoms with Crippen LogP contribution in [0, 0.1) is 0 Å². The van der Waals surface area contributed by atoms with Crippen LogP contribution in [0.4, 0.5) is 21.9 Å². The molecule has 3 amide bonds. The van der Waals surface area contributed by atoms with Crippen molar-refractivity contribution in [1.29, 1.82) is 0 Å². The Balaban J connectivity index is 1.29. The van der Waals surface area contributed by atoms with Crippen LogP contribution < -0.4 is 20.7 Å². The number of urea groups is 1. The molecule has 7 heteroatoms. The molecule has 0 aliphatic carbocycles. The second-order valence-corrected chi connectivity index (χ2v) is 7.09. The van der Waals surface area contributed by atoms with Crippen LogP contribution in [0.25, 0.3) is 11.1 Å². The topological polar surface area (TPSA) is 92.3 Å². The Morgan fingerprint density at radius 3 is 2.06 bits per heavy atom. The molecule has 0 fully saturated rings. The number of ether oxygens (including phenoxy) is 1. The van der Waals surface area contributed by atoms with E-state index in [2.05, 4.69) is 20.9 Å². The Labute approximate surface area is 191 Å². The summed E-state index contributed by atoms with van der Waals surface area (Å²) in [5, 5.41) is 8.35. The molecule has 0 radical (unpaired) electrons. The van der Waals surface area contributed by atoms with Gasteiger partial charge in [0.15, 0.2) is 6.61 Å². The lowest BCUT2D eigenvalue weighted by Gasteiger charge is -2.12. The Kier molecular flexibility index (Phi) is 6.92. The van der Waals surface area contributed by atoms with Crippen LogP contribution in [0.2, 0.25) is 0 Å². The summed E-state index contributed by atoms with van der Waals surface area (Å²) in [5.74, 6) is 0.249. The summed E-state index contributed by atoms with van der Waals surface area (Å²) >= 11 is 0. The van der Waals surface area contributed by atoms with E-state index in [1.54, 1.807) is 48.8 Å². The highest BCUT2D eigenvalue weighted by molar-refractivity contribution is 5.99. The molecule has 0 saturated carbocycles. The molecule has 0 atom stereocenters. The maximum absolute atomic E-state index is 12.4. The fraction of sp³-hybridized carbons (Fsp3) is 0.0385. The zero-order valence-electron chi connectivity index (χ0n) is 17.7.